The molecule has 0 spiro atoms. The molecule has 0 aliphatic rings. The number of carbonyl (C=O) groups is 1. The molecular formula is C29H25N5O. The second-order valence-corrected chi connectivity index (χ2v) is 8.59. The maximum atomic E-state index is 13.8. The van der Waals surface area contributed by atoms with Crippen LogP contribution in [0.1, 0.15) is 33.1 Å². The zero-order valence-electron chi connectivity index (χ0n) is 19.4. The summed E-state index contributed by atoms with van der Waals surface area (Å²) in [6.45, 7) is 0.630. The van der Waals surface area contributed by atoms with Crippen molar-refractivity contribution in [2.75, 3.05) is 6.54 Å². The molecule has 0 saturated heterocycles. The Morgan fingerprint density at radius 3 is 2.60 bits per heavy atom. The van der Waals surface area contributed by atoms with E-state index >= 15 is 0 Å². The van der Waals surface area contributed by atoms with Gasteiger partial charge in [0.15, 0.2) is 5.78 Å². The number of H-pyrrole nitrogens is 1. The summed E-state index contributed by atoms with van der Waals surface area (Å²) in [7, 11) is 1.89. The number of ketones is 1. The van der Waals surface area contributed by atoms with Crippen LogP contribution in [0.25, 0.3) is 22.0 Å². The van der Waals surface area contributed by atoms with Gasteiger partial charge in [0.05, 0.1) is 23.9 Å². The average Bonchev–Trinajstić information content (AvgIpc) is 3.53. The molecule has 0 aliphatic carbocycles. The van der Waals surface area contributed by atoms with Gasteiger partial charge in [-0.05, 0) is 41.3 Å². The van der Waals surface area contributed by atoms with E-state index in [-0.39, 0.29) is 5.78 Å². The molecule has 6 nitrogen and oxygen atoms in total. The van der Waals surface area contributed by atoms with Crippen molar-refractivity contribution in [3.63, 3.8) is 0 Å². The highest BCUT2D eigenvalue weighted by atomic mass is 16.1. The Kier molecular flexibility index (Phi) is 6.25. The number of hydrogen-bond donors (Lipinski definition) is 2. The molecule has 6 heteroatoms. The number of carbonyl (C=O) groups excluding carboxylic acids is 1. The van der Waals surface area contributed by atoms with Crippen molar-refractivity contribution in [1.82, 2.24) is 20.1 Å². The number of rotatable bonds is 8. The first-order valence-corrected chi connectivity index (χ1v) is 11.5. The van der Waals surface area contributed by atoms with Crippen LogP contribution in [0.3, 0.4) is 0 Å². The van der Waals surface area contributed by atoms with E-state index in [1.54, 1.807) is 10.9 Å². The second-order valence-electron chi connectivity index (χ2n) is 8.59. The zero-order chi connectivity index (χ0) is 24.2. The Morgan fingerprint density at radius 2 is 1.89 bits per heavy atom. The van der Waals surface area contributed by atoms with E-state index in [2.05, 4.69) is 27.5 Å². The van der Waals surface area contributed by atoms with E-state index in [0.29, 0.717) is 17.7 Å². The zero-order valence-corrected chi connectivity index (χ0v) is 19.4. The van der Waals surface area contributed by atoms with Crippen LogP contribution in [0.4, 0.5) is 0 Å². The summed E-state index contributed by atoms with van der Waals surface area (Å²) in [6, 6.07) is 25.1. The van der Waals surface area contributed by atoms with Crippen molar-refractivity contribution in [2.45, 2.75) is 12.5 Å². The predicted octanol–water partition coefficient (Wildman–Crippen LogP) is 5.20. The van der Waals surface area contributed by atoms with E-state index in [1.807, 2.05) is 86.2 Å². The third-order valence-electron chi connectivity index (χ3n) is 6.23. The molecule has 35 heavy (non-hydrogen) atoms. The van der Waals surface area contributed by atoms with Gasteiger partial charge in [0.25, 0.3) is 0 Å². The van der Waals surface area contributed by atoms with Crippen LogP contribution < -0.4 is 5.32 Å². The van der Waals surface area contributed by atoms with Gasteiger partial charge in [-0.2, -0.15) is 10.4 Å². The Morgan fingerprint density at radius 1 is 1.09 bits per heavy atom. The molecule has 0 fully saturated rings. The average molecular weight is 460 g/mol. The minimum absolute atomic E-state index is 0.0245. The largest absolute Gasteiger partial charge is 0.360 e. The van der Waals surface area contributed by atoms with Gasteiger partial charge in [0.2, 0.25) is 0 Å². The van der Waals surface area contributed by atoms with Gasteiger partial charge in [0.1, 0.15) is 0 Å². The van der Waals surface area contributed by atoms with Gasteiger partial charge in [0, 0.05) is 48.0 Å². The Labute approximate surface area is 203 Å². The van der Waals surface area contributed by atoms with Crippen molar-refractivity contribution in [3.05, 3.63) is 114 Å². The van der Waals surface area contributed by atoms with E-state index < -0.39 is 6.04 Å². The lowest BCUT2D eigenvalue weighted by Crippen LogP contribution is -2.30. The fourth-order valence-corrected chi connectivity index (χ4v) is 4.35. The first-order valence-electron chi connectivity index (χ1n) is 11.5. The number of nitrogens with zero attached hydrogens (tertiary/aromatic N) is 3. The number of nitrogens with one attached hydrogen (secondary N) is 2. The standard InChI is InChI=1S/C29H25N5O/c1-34-19-24(17-33-34)23-11-12-25-26(18-32-27(25)15-23)29(35)28(22-5-3-2-4-6-22)31-14-13-20-7-9-21(16-30)10-8-20/h2-12,15,17-19,28,31-32H,13-14H2,1H3. The monoisotopic (exact) mass is 459 g/mol. The molecule has 2 heterocycles. The summed E-state index contributed by atoms with van der Waals surface area (Å²) in [6.07, 6.45) is 6.36. The second kappa shape index (κ2) is 9.80. The topological polar surface area (TPSA) is 86.5 Å². The van der Waals surface area contributed by atoms with Crippen molar-refractivity contribution in [2.24, 2.45) is 7.05 Å². The molecule has 0 aliphatic heterocycles. The molecule has 172 valence electrons. The lowest BCUT2D eigenvalue weighted by Gasteiger charge is -2.18. The van der Waals surface area contributed by atoms with Crippen molar-refractivity contribution >= 4 is 16.7 Å². The maximum Gasteiger partial charge on any atom is 0.186 e. The molecule has 5 aromatic rings. The van der Waals surface area contributed by atoms with Gasteiger partial charge in [-0.25, -0.2) is 0 Å². The number of fused-ring (bicyclic) bond motifs is 1. The normalized spacial score (nSPS) is 11.9. The first kappa shape index (κ1) is 22.3. The summed E-state index contributed by atoms with van der Waals surface area (Å²) in [5, 5.41) is 17.6. The summed E-state index contributed by atoms with van der Waals surface area (Å²) < 4.78 is 1.78. The van der Waals surface area contributed by atoms with Crippen LogP contribution in [0, 0.1) is 11.3 Å². The molecule has 0 bridgehead atoms. The van der Waals surface area contributed by atoms with Crippen LogP contribution in [0.15, 0.2) is 91.4 Å². The van der Waals surface area contributed by atoms with Crippen molar-refractivity contribution < 1.29 is 4.79 Å². The van der Waals surface area contributed by atoms with Crippen LogP contribution in [0.2, 0.25) is 0 Å². The Balaban J connectivity index is 1.39. The van der Waals surface area contributed by atoms with E-state index in [0.717, 1.165) is 39.6 Å². The third kappa shape index (κ3) is 4.77. The van der Waals surface area contributed by atoms with Crippen LogP contribution in [0.5, 0.6) is 0 Å². The number of hydrogen-bond acceptors (Lipinski definition) is 4. The predicted molar refractivity (Wildman–Crippen MR) is 137 cm³/mol. The van der Waals surface area contributed by atoms with Gasteiger partial charge < -0.3 is 10.3 Å². The Hall–Kier alpha value is -4.47. The summed E-state index contributed by atoms with van der Waals surface area (Å²) >= 11 is 0. The van der Waals surface area contributed by atoms with Gasteiger partial charge >= 0.3 is 0 Å². The van der Waals surface area contributed by atoms with Crippen molar-refractivity contribution in [3.8, 4) is 17.2 Å². The fourth-order valence-electron chi connectivity index (χ4n) is 4.35. The lowest BCUT2D eigenvalue weighted by molar-refractivity contribution is 0.0945. The molecule has 2 N–H and O–H groups in total. The molecular weight excluding hydrogens is 434 g/mol. The molecule has 3 aromatic carbocycles. The van der Waals surface area contributed by atoms with Gasteiger partial charge in [-0.3, -0.25) is 9.48 Å². The molecule has 1 unspecified atom stereocenters. The summed E-state index contributed by atoms with van der Waals surface area (Å²) in [5.74, 6) is 0.0245. The molecule has 5 rings (SSSR count). The number of aromatic amines is 1. The maximum absolute atomic E-state index is 13.8. The number of Topliss-reactive ketones (excluding diaryl/α,β-unsaturated/α-hetero) is 1. The molecule has 0 amide bonds. The molecule has 0 radical (unpaired) electrons. The summed E-state index contributed by atoms with van der Waals surface area (Å²) in [5.41, 5.74) is 6.35. The highest BCUT2D eigenvalue weighted by Gasteiger charge is 2.24. The number of aromatic nitrogens is 3. The number of nitriles is 1. The van der Waals surface area contributed by atoms with Gasteiger partial charge in [-0.15, -0.1) is 0 Å². The smallest absolute Gasteiger partial charge is 0.186 e. The lowest BCUT2D eigenvalue weighted by atomic mass is 9.96. The van der Waals surface area contributed by atoms with Crippen LogP contribution in [-0.4, -0.2) is 27.1 Å². The minimum Gasteiger partial charge on any atom is -0.360 e. The molecule has 0 saturated carbocycles. The molecule has 2 aromatic heterocycles. The Bertz CT molecular complexity index is 1510. The van der Waals surface area contributed by atoms with Gasteiger partial charge in [-0.1, -0.05) is 54.6 Å². The van der Waals surface area contributed by atoms with E-state index in [9.17, 15) is 4.79 Å². The van der Waals surface area contributed by atoms with E-state index in [1.165, 1.54) is 0 Å². The highest BCUT2D eigenvalue weighted by Crippen LogP contribution is 2.28. The third-order valence-corrected chi connectivity index (χ3v) is 6.23. The van der Waals surface area contributed by atoms with Crippen LogP contribution in [-0.2, 0) is 13.5 Å². The first-order chi connectivity index (χ1) is 17.1. The van der Waals surface area contributed by atoms with Crippen molar-refractivity contribution in [1.29, 1.82) is 5.26 Å². The highest BCUT2D eigenvalue weighted by molar-refractivity contribution is 6.11. The fraction of sp³-hybridized carbons (Fsp3) is 0.138. The van der Waals surface area contributed by atoms with Crippen LogP contribution >= 0.6 is 0 Å². The number of benzene rings is 3. The number of aryl methyl sites for hydroxylation is 1. The SMILES string of the molecule is Cn1cc(-c2ccc3c(C(=O)C(NCCc4ccc(C#N)cc4)c4ccccc4)c[nH]c3c2)cn1. The quantitative estimate of drug-likeness (QED) is 0.313. The molecule has 1 atom stereocenters. The minimum atomic E-state index is -0.466. The van der Waals surface area contributed by atoms with E-state index in [4.69, 9.17) is 5.26 Å². The summed E-state index contributed by atoms with van der Waals surface area (Å²) in [4.78, 5) is 17.1.